The van der Waals surface area contributed by atoms with E-state index in [1.807, 2.05) is 0 Å². The number of β-lactam (4-membered cyclic amide) rings is 1. The van der Waals surface area contributed by atoms with E-state index in [0.717, 1.165) is 11.8 Å². The number of nitrogens with zero attached hydrogens (tertiary/aromatic N) is 6. The van der Waals surface area contributed by atoms with Gasteiger partial charge in [0.15, 0.2) is 0 Å². The molecule has 2 aliphatic rings. The minimum atomic E-state index is -3.75. The molecule has 3 heterocycles. The van der Waals surface area contributed by atoms with Crippen molar-refractivity contribution in [3.05, 3.63) is 29.8 Å². The number of thioether (sulfide) groups is 2. The number of aliphatic hydroxyl groups excluding tert-OH is 1. The van der Waals surface area contributed by atoms with Gasteiger partial charge in [-0.3, -0.25) is 19.3 Å². The molecule has 2 unspecified atom stereocenters. The van der Waals surface area contributed by atoms with Crippen molar-refractivity contribution >= 4 is 57.0 Å². The van der Waals surface area contributed by atoms with E-state index in [2.05, 4.69) is 15.5 Å². The zero-order valence-electron chi connectivity index (χ0n) is 19.9. The maximum atomic E-state index is 13.3. The van der Waals surface area contributed by atoms with Crippen molar-refractivity contribution < 1.29 is 33.0 Å². The van der Waals surface area contributed by atoms with Crippen molar-refractivity contribution in [2.45, 2.75) is 29.7 Å². The number of hydrogen-bond donors (Lipinski definition) is 4. The Bertz CT molecular complexity index is 1320. The van der Waals surface area contributed by atoms with E-state index in [1.54, 1.807) is 24.3 Å². The summed E-state index contributed by atoms with van der Waals surface area (Å²) in [5.74, 6) is -2.20. The molecule has 38 heavy (non-hydrogen) atoms. The second-order valence-corrected chi connectivity index (χ2v) is 12.6. The number of aryl methyl sites for hydroxylation is 1. The average molecular weight is 587 g/mol. The fraction of sp³-hybridized carbons (Fsp3) is 0.500. The molecule has 0 bridgehead atoms. The first-order valence-electron chi connectivity index (χ1n) is 11.3. The highest BCUT2D eigenvalue weighted by molar-refractivity contribution is 8.00. The number of carbonyl (C=O) groups excluding carboxylic acids is 2. The van der Waals surface area contributed by atoms with E-state index in [4.69, 9.17) is 10.9 Å². The van der Waals surface area contributed by atoms with E-state index in [-0.39, 0.29) is 42.9 Å². The van der Waals surface area contributed by atoms with Gasteiger partial charge in [-0.2, -0.15) is 0 Å². The zero-order chi connectivity index (χ0) is 27.7. The van der Waals surface area contributed by atoms with Gasteiger partial charge in [-0.15, -0.1) is 16.9 Å². The number of hydrogen-bond acceptors (Lipinski definition) is 12. The van der Waals surface area contributed by atoms with Crippen molar-refractivity contribution in [3.8, 4) is 0 Å². The first kappa shape index (κ1) is 28.2. The highest BCUT2D eigenvalue weighted by Crippen LogP contribution is 2.46. The number of benzene rings is 1. The molecule has 0 radical (unpaired) electrons. The van der Waals surface area contributed by atoms with Crippen LogP contribution in [0.15, 0.2) is 29.4 Å². The quantitative estimate of drug-likeness (QED) is 0.163. The van der Waals surface area contributed by atoms with Crippen LogP contribution in [0.1, 0.15) is 5.56 Å². The summed E-state index contributed by atoms with van der Waals surface area (Å²) in [6.07, 6.45) is 0. The van der Waals surface area contributed by atoms with Crippen LogP contribution in [0.25, 0.3) is 0 Å². The number of carbonyl (C=O) groups is 3. The van der Waals surface area contributed by atoms with E-state index in [1.165, 1.54) is 26.2 Å². The molecule has 2 aromatic rings. The van der Waals surface area contributed by atoms with Crippen LogP contribution < -0.4 is 15.8 Å². The van der Waals surface area contributed by atoms with E-state index in [9.17, 15) is 33.0 Å². The molecule has 15 nitrogen and oxygen atoms in total. The van der Waals surface area contributed by atoms with Crippen LogP contribution in [0.2, 0.25) is 0 Å². The molecule has 2 fully saturated rings. The third-order valence-electron chi connectivity index (χ3n) is 6.25. The largest absolute Gasteiger partial charge is 0.481 e. The lowest BCUT2D eigenvalue weighted by Gasteiger charge is -2.56. The lowest BCUT2D eigenvalue weighted by atomic mass is 9.89. The summed E-state index contributed by atoms with van der Waals surface area (Å²) in [7, 11) is -3.75. The molecule has 2 aliphatic heterocycles. The molecule has 0 saturated carbocycles. The minimum absolute atomic E-state index is 0.0142. The highest BCUT2D eigenvalue weighted by atomic mass is 32.2. The van der Waals surface area contributed by atoms with Gasteiger partial charge in [-0.25, -0.2) is 18.2 Å². The maximum Gasteiger partial charge on any atom is 0.313 e. The van der Waals surface area contributed by atoms with Gasteiger partial charge in [-0.1, -0.05) is 23.9 Å². The van der Waals surface area contributed by atoms with Crippen molar-refractivity contribution in [1.29, 1.82) is 0 Å². The maximum absolute atomic E-state index is 13.3. The number of nitrogens with two attached hydrogens (primary N) is 2. The number of primary sulfonamides is 1. The van der Waals surface area contributed by atoms with Gasteiger partial charge in [0.1, 0.15) is 16.8 Å². The summed E-state index contributed by atoms with van der Waals surface area (Å²) in [6.45, 7) is -0.677. The first-order chi connectivity index (χ1) is 18.0. The number of aliphatic hydroxyl groups is 1. The molecule has 1 aromatic carbocycles. The molecule has 18 heteroatoms. The van der Waals surface area contributed by atoms with Crippen LogP contribution in [0, 0.1) is 5.41 Å². The SMILES string of the molecule is NCC(=O)N(c1ccc(CO)cc1)C1C(=O)N2CC(CSc3nnnn3CCS(N)(=O)=O)(C(=O)O)CS[C@H]12. The minimum Gasteiger partial charge on any atom is -0.481 e. The van der Waals surface area contributed by atoms with Crippen LogP contribution in [0.4, 0.5) is 5.69 Å². The Hall–Kier alpha value is -2.77. The summed E-state index contributed by atoms with van der Waals surface area (Å²) in [6, 6.07) is 5.69. The topological polar surface area (TPSA) is 228 Å². The third kappa shape index (κ3) is 5.64. The van der Waals surface area contributed by atoms with Gasteiger partial charge in [0, 0.05) is 23.7 Å². The molecule has 206 valence electrons. The lowest BCUT2D eigenvalue weighted by Crippen LogP contribution is -2.75. The van der Waals surface area contributed by atoms with Gasteiger partial charge in [0.25, 0.3) is 0 Å². The Morgan fingerprint density at radius 3 is 2.61 bits per heavy atom. The normalized spacial score (nSPS) is 23.0. The number of amides is 2. The number of tetrazole rings is 1. The smallest absolute Gasteiger partial charge is 0.313 e. The molecule has 3 atom stereocenters. The first-order valence-corrected chi connectivity index (χ1v) is 15.0. The van der Waals surface area contributed by atoms with Crippen molar-refractivity contribution in [2.75, 3.05) is 35.2 Å². The molecule has 2 saturated heterocycles. The Kier molecular flexibility index (Phi) is 8.29. The van der Waals surface area contributed by atoms with Gasteiger partial charge in [-0.05, 0) is 28.1 Å². The van der Waals surface area contributed by atoms with E-state index < -0.39 is 50.4 Å². The molecule has 2 amide bonds. The van der Waals surface area contributed by atoms with Crippen LogP contribution in [-0.2, 0) is 37.6 Å². The van der Waals surface area contributed by atoms with E-state index >= 15 is 0 Å². The van der Waals surface area contributed by atoms with Crippen LogP contribution in [0.3, 0.4) is 0 Å². The second-order valence-electron chi connectivity index (χ2n) is 8.83. The molecule has 0 aliphatic carbocycles. The van der Waals surface area contributed by atoms with Crippen LogP contribution >= 0.6 is 23.5 Å². The fourth-order valence-electron chi connectivity index (χ4n) is 4.16. The summed E-state index contributed by atoms with van der Waals surface area (Å²) in [5.41, 5.74) is 5.37. The summed E-state index contributed by atoms with van der Waals surface area (Å²) >= 11 is 2.30. The molecular formula is C20H26N8O7S3. The van der Waals surface area contributed by atoms with Crippen molar-refractivity contribution in [3.63, 3.8) is 0 Å². The predicted molar refractivity (Wildman–Crippen MR) is 137 cm³/mol. The molecule has 4 rings (SSSR count). The molecule has 1 aromatic heterocycles. The number of aromatic nitrogens is 4. The predicted octanol–water partition coefficient (Wildman–Crippen LogP) is -2.11. The number of carboxylic acid groups (broad SMARTS) is 1. The molecule has 6 N–H and O–H groups in total. The Morgan fingerprint density at radius 1 is 1.29 bits per heavy atom. The Labute approximate surface area is 225 Å². The fourth-order valence-corrected chi connectivity index (χ4v) is 7.40. The number of aliphatic carboxylic acids is 1. The summed E-state index contributed by atoms with van der Waals surface area (Å²) < 4.78 is 23.8. The summed E-state index contributed by atoms with van der Waals surface area (Å²) in [4.78, 5) is 41.2. The number of anilines is 1. The van der Waals surface area contributed by atoms with Crippen LogP contribution in [-0.4, -0.2) is 103 Å². The third-order valence-corrected chi connectivity index (χ3v) is 9.83. The number of fused-ring (bicyclic) bond motifs is 1. The van der Waals surface area contributed by atoms with Crippen molar-refractivity contribution in [1.82, 2.24) is 25.1 Å². The number of carboxylic acids is 1. The molecule has 0 spiro atoms. The number of sulfonamides is 1. The monoisotopic (exact) mass is 586 g/mol. The average Bonchev–Trinajstić information content (AvgIpc) is 3.35. The Balaban J connectivity index is 1.49. The van der Waals surface area contributed by atoms with Gasteiger partial charge >= 0.3 is 5.97 Å². The van der Waals surface area contributed by atoms with Gasteiger partial charge in [0.05, 0.1) is 25.4 Å². The zero-order valence-corrected chi connectivity index (χ0v) is 22.4. The number of rotatable bonds is 11. The Morgan fingerprint density at radius 2 is 2.00 bits per heavy atom. The highest BCUT2D eigenvalue weighted by Gasteiger charge is 2.59. The lowest BCUT2D eigenvalue weighted by molar-refractivity contribution is -0.156. The van der Waals surface area contributed by atoms with Gasteiger partial charge < -0.3 is 20.8 Å². The van der Waals surface area contributed by atoms with Crippen LogP contribution in [0.5, 0.6) is 0 Å². The second kappa shape index (κ2) is 11.1. The van der Waals surface area contributed by atoms with Gasteiger partial charge in [0.2, 0.25) is 27.0 Å². The summed E-state index contributed by atoms with van der Waals surface area (Å²) in [5, 5.41) is 35.3. The van der Waals surface area contributed by atoms with E-state index in [0.29, 0.717) is 11.3 Å². The van der Waals surface area contributed by atoms with Crippen molar-refractivity contribution in [2.24, 2.45) is 16.3 Å². The standard InChI is InChI=1S/C20H26N8O7S3/c21-7-14(30)28(13-3-1-12(8-29)2-4-13)15-16(31)26-9-20(18(32)33,10-36-17(15)26)11-37-19-23-24-25-27(19)5-6-38(22,34)35/h1-4,15,17,29H,5-11,21H2,(H,32,33)(H2,22,34,35)/t15?,17-,20?/m1/s1. The molecular weight excluding hydrogens is 560 g/mol.